The molecule has 6 heteroatoms. The van der Waals surface area contributed by atoms with Crippen LogP contribution in [0.25, 0.3) is 11.1 Å². The molecule has 0 saturated carbocycles. The first-order valence-electron chi connectivity index (χ1n) is 9.01. The fourth-order valence-electron chi connectivity index (χ4n) is 2.82. The molecule has 0 saturated heterocycles. The van der Waals surface area contributed by atoms with Gasteiger partial charge in [-0.1, -0.05) is 44.0 Å². The van der Waals surface area contributed by atoms with Crippen LogP contribution in [0.2, 0.25) is 0 Å². The van der Waals surface area contributed by atoms with Gasteiger partial charge in [0.1, 0.15) is 5.52 Å². The van der Waals surface area contributed by atoms with Crippen LogP contribution in [0, 0.1) is 0 Å². The average Bonchev–Trinajstić information content (AvgIpc) is 3.05. The maximum Gasteiger partial charge on any atom is 0.240 e. The van der Waals surface area contributed by atoms with Gasteiger partial charge in [0, 0.05) is 13.0 Å². The van der Waals surface area contributed by atoms with Crippen molar-refractivity contribution in [1.29, 1.82) is 0 Å². The molecule has 0 amide bonds. The zero-order valence-corrected chi connectivity index (χ0v) is 15.8. The van der Waals surface area contributed by atoms with Crippen molar-refractivity contribution >= 4 is 21.1 Å². The van der Waals surface area contributed by atoms with E-state index in [1.165, 1.54) is 18.4 Å². The lowest BCUT2D eigenvalue weighted by molar-refractivity contribution is 0.523. The quantitative estimate of drug-likeness (QED) is 0.575. The van der Waals surface area contributed by atoms with Crippen LogP contribution in [-0.4, -0.2) is 19.9 Å². The maximum absolute atomic E-state index is 12.4. The summed E-state index contributed by atoms with van der Waals surface area (Å²) < 4.78 is 33.0. The van der Waals surface area contributed by atoms with Crippen molar-refractivity contribution in [2.75, 3.05) is 6.54 Å². The van der Waals surface area contributed by atoms with Gasteiger partial charge in [-0.15, -0.1) is 0 Å². The Labute approximate surface area is 154 Å². The SMILES string of the molecule is CCCCCc1ccc(S(=O)(=O)NCCc2nc3ccccc3o2)cc1. The van der Waals surface area contributed by atoms with Gasteiger partial charge in [-0.2, -0.15) is 0 Å². The summed E-state index contributed by atoms with van der Waals surface area (Å²) in [5.41, 5.74) is 2.66. The van der Waals surface area contributed by atoms with Gasteiger partial charge >= 0.3 is 0 Å². The molecule has 0 unspecified atom stereocenters. The lowest BCUT2D eigenvalue weighted by atomic mass is 10.1. The number of aryl methyl sites for hydroxylation is 1. The van der Waals surface area contributed by atoms with Gasteiger partial charge in [0.25, 0.3) is 0 Å². The number of benzene rings is 2. The minimum Gasteiger partial charge on any atom is -0.441 e. The topological polar surface area (TPSA) is 72.2 Å². The molecule has 1 aromatic heterocycles. The Bertz CT molecular complexity index is 914. The Morgan fingerprint density at radius 2 is 1.77 bits per heavy atom. The first-order chi connectivity index (χ1) is 12.6. The van der Waals surface area contributed by atoms with Gasteiger partial charge in [-0.3, -0.25) is 0 Å². The van der Waals surface area contributed by atoms with Crippen LogP contribution >= 0.6 is 0 Å². The molecule has 2 aromatic carbocycles. The highest BCUT2D eigenvalue weighted by Gasteiger charge is 2.14. The second-order valence-corrected chi connectivity index (χ2v) is 8.09. The van der Waals surface area contributed by atoms with Crippen LogP contribution in [0.15, 0.2) is 57.8 Å². The van der Waals surface area contributed by atoms with Crippen LogP contribution in [0.3, 0.4) is 0 Å². The predicted octanol–water partition coefficient (Wildman–Crippen LogP) is 4.08. The molecule has 0 spiro atoms. The third-order valence-corrected chi connectivity index (χ3v) is 5.75. The molecule has 0 aliphatic carbocycles. The van der Waals surface area contributed by atoms with Crippen LogP contribution < -0.4 is 4.72 Å². The van der Waals surface area contributed by atoms with Gasteiger partial charge in [-0.25, -0.2) is 18.1 Å². The van der Waals surface area contributed by atoms with Crippen molar-refractivity contribution in [3.05, 3.63) is 60.0 Å². The third-order valence-electron chi connectivity index (χ3n) is 4.27. The number of aromatic nitrogens is 1. The Hall–Kier alpha value is -2.18. The fourth-order valence-corrected chi connectivity index (χ4v) is 3.85. The Balaban J connectivity index is 1.56. The average molecular weight is 372 g/mol. The van der Waals surface area contributed by atoms with Gasteiger partial charge in [0.05, 0.1) is 4.90 Å². The number of sulfonamides is 1. The molecule has 3 aromatic rings. The molecule has 5 nitrogen and oxygen atoms in total. The van der Waals surface area contributed by atoms with E-state index in [1.807, 2.05) is 36.4 Å². The number of nitrogens with one attached hydrogen (secondary N) is 1. The highest BCUT2D eigenvalue weighted by molar-refractivity contribution is 7.89. The molecule has 0 radical (unpaired) electrons. The predicted molar refractivity (Wildman–Crippen MR) is 103 cm³/mol. The summed E-state index contributed by atoms with van der Waals surface area (Å²) in [6, 6.07) is 14.6. The van der Waals surface area contributed by atoms with Crippen molar-refractivity contribution in [3.8, 4) is 0 Å². The van der Waals surface area contributed by atoms with Crippen molar-refractivity contribution < 1.29 is 12.8 Å². The van der Waals surface area contributed by atoms with E-state index in [-0.39, 0.29) is 11.4 Å². The summed E-state index contributed by atoms with van der Waals surface area (Å²) in [5.74, 6) is 0.528. The lowest BCUT2D eigenvalue weighted by Crippen LogP contribution is -2.26. The van der Waals surface area contributed by atoms with Crippen LogP contribution in [0.1, 0.15) is 37.6 Å². The molecule has 1 N–H and O–H groups in total. The van der Waals surface area contributed by atoms with E-state index in [1.54, 1.807) is 12.1 Å². The van der Waals surface area contributed by atoms with E-state index < -0.39 is 10.0 Å². The first-order valence-corrected chi connectivity index (χ1v) is 10.5. The molecule has 0 aliphatic heterocycles. The number of rotatable bonds is 9. The van der Waals surface area contributed by atoms with Gasteiger partial charge in [0.15, 0.2) is 11.5 Å². The highest BCUT2D eigenvalue weighted by atomic mass is 32.2. The third kappa shape index (κ3) is 4.71. The van der Waals surface area contributed by atoms with Crippen molar-refractivity contribution in [1.82, 2.24) is 9.71 Å². The standard InChI is InChI=1S/C20H24N2O3S/c1-2-3-4-7-16-10-12-17(13-11-16)26(23,24)21-15-14-20-22-18-8-5-6-9-19(18)25-20/h5-6,8-13,21H,2-4,7,14-15H2,1H3. The molecule has 0 aliphatic rings. The first kappa shape index (κ1) is 18.6. The number of fused-ring (bicyclic) bond motifs is 1. The number of hydrogen-bond acceptors (Lipinski definition) is 4. The molecule has 0 fully saturated rings. The van der Waals surface area contributed by atoms with Crippen LogP contribution in [0.4, 0.5) is 0 Å². The second-order valence-electron chi connectivity index (χ2n) is 6.32. The molecular formula is C20H24N2O3S. The smallest absolute Gasteiger partial charge is 0.240 e. The summed E-state index contributed by atoms with van der Waals surface area (Å²) in [7, 11) is -3.52. The highest BCUT2D eigenvalue weighted by Crippen LogP contribution is 2.16. The van der Waals surface area contributed by atoms with Gasteiger partial charge < -0.3 is 4.42 Å². The molecular weight excluding hydrogens is 348 g/mol. The lowest BCUT2D eigenvalue weighted by Gasteiger charge is -2.07. The summed E-state index contributed by atoms with van der Waals surface area (Å²) in [4.78, 5) is 4.64. The van der Waals surface area contributed by atoms with E-state index in [0.29, 0.717) is 17.9 Å². The van der Waals surface area contributed by atoms with E-state index in [0.717, 1.165) is 18.4 Å². The number of para-hydroxylation sites is 2. The normalized spacial score (nSPS) is 11.9. The minimum atomic E-state index is -3.52. The summed E-state index contributed by atoms with van der Waals surface area (Å²) in [6.45, 7) is 2.41. The van der Waals surface area contributed by atoms with Gasteiger partial charge in [0.2, 0.25) is 10.0 Å². The summed E-state index contributed by atoms with van der Waals surface area (Å²) >= 11 is 0. The van der Waals surface area contributed by atoms with E-state index in [2.05, 4.69) is 16.6 Å². The molecule has 1 heterocycles. The molecule has 26 heavy (non-hydrogen) atoms. The maximum atomic E-state index is 12.4. The number of hydrogen-bond donors (Lipinski definition) is 1. The zero-order chi connectivity index (χ0) is 18.4. The van der Waals surface area contributed by atoms with Crippen molar-refractivity contribution in [2.45, 2.75) is 43.9 Å². The van der Waals surface area contributed by atoms with Crippen molar-refractivity contribution in [2.24, 2.45) is 0 Å². The number of oxazole rings is 1. The molecule has 3 rings (SSSR count). The monoisotopic (exact) mass is 372 g/mol. The minimum absolute atomic E-state index is 0.243. The van der Waals surface area contributed by atoms with Gasteiger partial charge in [-0.05, 0) is 42.7 Å². The summed E-state index contributed by atoms with van der Waals surface area (Å²) in [6.07, 6.45) is 4.89. The Kier molecular flexibility index (Phi) is 6.06. The summed E-state index contributed by atoms with van der Waals surface area (Å²) in [5, 5.41) is 0. The zero-order valence-electron chi connectivity index (χ0n) is 14.9. The number of nitrogens with zero attached hydrogens (tertiary/aromatic N) is 1. The van der Waals surface area contributed by atoms with Crippen LogP contribution in [-0.2, 0) is 22.9 Å². The Morgan fingerprint density at radius 1 is 1.00 bits per heavy atom. The van der Waals surface area contributed by atoms with E-state index >= 15 is 0 Å². The fraction of sp³-hybridized carbons (Fsp3) is 0.350. The molecule has 0 bridgehead atoms. The van der Waals surface area contributed by atoms with E-state index in [9.17, 15) is 8.42 Å². The number of unbranched alkanes of at least 4 members (excludes halogenated alkanes) is 2. The molecule has 138 valence electrons. The van der Waals surface area contributed by atoms with E-state index in [4.69, 9.17) is 4.42 Å². The Morgan fingerprint density at radius 3 is 2.50 bits per heavy atom. The second kappa shape index (κ2) is 8.47. The molecule has 0 atom stereocenters. The van der Waals surface area contributed by atoms with Crippen LogP contribution in [0.5, 0.6) is 0 Å². The largest absolute Gasteiger partial charge is 0.441 e. The van der Waals surface area contributed by atoms with Crippen molar-refractivity contribution in [3.63, 3.8) is 0 Å².